The van der Waals surface area contributed by atoms with Gasteiger partial charge in [-0.15, -0.1) is 11.8 Å². The van der Waals surface area contributed by atoms with E-state index in [-0.39, 0.29) is 22.3 Å². The molecule has 2 nitrogen and oxygen atoms in total. The third kappa shape index (κ3) is 4.32. The van der Waals surface area contributed by atoms with Crippen LogP contribution in [-0.2, 0) is 11.6 Å². The van der Waals surface area contributed by atoms with Crippen molar-refractivity contribution < 1.29 is 18.0 Å². The summed E-state index contributed by atoms with van der Waals surface area (Å²) in [6.07, 6.45) is -4.40. The molecule has 2 aromatic carbocycles. The van der Waals surface area contributed by atoms with E-state index >= 15 is 0 Å². The maximum Gasteiger partial charge on any atom is 0.416 e. The Balaban J connectivity index is 1.80. The summed E-state index contributed by atoms with van der Waals surface area (Å²) in [5, 5.41) is -0.117. The maximum absolute atomic E-state index is 12.8. The Morgan fingerprint density at radius 2 is 1.52 bits per heavy atom. The van der Waals surface area contributed by atoms with Crippen LogP contribution in [0.1, 0.15) is 53.2 Å². The Morgan fingerprint density at radius 1 is 0.963 bits per heavy atom. The van der Waals surface area contributed by atoms with E-state index in [4.69, 9.17) is 0 Å². The Hall–Kier alpha value is -1.95. The molecule has 0 N–H and O–H groups in total. The van der Waals surface area contributed by atoms with Crippen molar-refractivity contribution in [3.63, 3.8) is 0 Å². The monoisotopic (exact) mass is 393 g/mol. The van der Waals surface area contributed by atoms with Gasteiger partial charge in [0.15, 0.2) is 0 Å². The number of carbonyl (C=O) groups excluding carboxylic acids is 1. The highest BCUT2D eigenvalue weighted by Gasteiger charge is 2.33. The molecule has 144 valence electrons. The van der Waals surface area contributed by atoms with E-state index in [0.717, 1.165) is 23.4 Å². The van der Waals surface area contributed by atoms with Crippen LogP contribution in [0.3, 0.4) is 0 Å². The van der Waals surface area contributed by atoms with E-state index < -0.39 is 11.7 Å². The number of halogens is 3. The van der Waals surface area contributed by atoms with E-state index in [1.54, 1.807) is 16.7 Å². The highest BCUT2D eigenvalue weighted by Crippen LogP contribution is 2.39. The van der Waals surface area contributed by atoms with Gasteiger partial charge in [-0.2, -0.15) is 13.2 Å². The molecule has 0 radical (unpaired) electrons. The molecular weight excluding hydrogens is 371 g/mol. The molecule has 2 aromatic rings. The fraction of sp³-hybridized carbons (Fsp3) is 0.381. The number of hydrogen-bond donors (Lipinski definition) is 0. The second-order valence-corrected chi connectivity index (χ2v) is 8.86. The summed E-state index contributed by atoms with van der Waals surface area (Å²) in [6.45, 7) is 7.02. The molecule has 0 saturated carbocycles. The normalized spacial score (nSPS) is 18.0. The zero-order chi connectivity index (χ0) is 19.8. The average Bonchev–Trinajstić information content (AvgIpc) is 3.09. The van der Waals surface area contributed by atoms with Gasteiger partial charge in [0.1, 0.15) is 5.37 Å². The van der Waals surface area contributed by atoms with E-state index in [0.29, 0.717) is 6.54 Å². The molecule has 0 aromatic heterocycles. The van der Waals surface area contributed by atoms with Crippen molar-refractivity contribution in [1.82, 2.24) is 4.90 Å². The molecule has 0 spiro atoms. The molecule has 1 unspecified atom stereocenters. The first-order valence-corrected chi connectivity index (χ1v) is 9.82. The van der Waals surface area contributed by atoms with E-state index in [2.05, 4.69) is 32.9 Å². The number of alkyl halides is 3. The Bertz CT molecular complexity index is 807. The van der Waals surface area contributed by atoms with Crippen LogP contribution in [0.2, 0.25) is 0 Å². The third-order valence-corrected chi connectivity index (χ3v) is 5.93. The van der Waals surface area contributed by atoms with Crippen molar-refractivity contribution in [3.05, 3.63) is 70.8 Å². The van der Waals surface area contributed by atoms with E-state index in [9.17, 15) is 18.0 Å². The van der Waals surface area contributed by atoms with Gasteiger partial charge in [-0.25, -0.2) is 0 Å². The SMILES string of the molecule is CC(C)(C)c1ccc(C2SCCN2C(=O)c2ccc(C(F)(F)F)cc2)cc1. The van der Waals surface area contributed by atoms with Gasteiger partial charge in [0.2, 0.25) is 0 Å². The number of thioether (sulfide) groups is 1. The first-order valence-electron chi connectivity index (χ1n) is 8.77. The Kier molecular flexibility index (Phi) is 5.30. The van der Waals surface area contributed by atoms with Crippen LogP contribution >= 0.6 is 11.8 Å². The van der Waals surface area contributed by atoms with Crippen molar-refractivity contribution in [3.8, 4) is 0 Å². The zero-order valence-corrected chi connectivity index (χ0v) is 16.3. The molecule has 1 atom stereocenters. The summed E-state index contributed by atoms with van der Waals surface area (Å²) in [4.78, 5) is 14.6. The summed E-state index contributed by atoms with van der Waals surface area (Å²) >= 11 is 1.67. The number of rotatable bonds is 2. The first kappa shape index (κ1) is 19.8. The molecule has 1 amide bonds. The molecule has 1 aliphatic rings. The lowest BCUT2D eigenvalue weighted by Gasteiger charge is -2.25. The number of carbonyl (C=O) groups is 1. The van der Waals surface area contributed by atoms with E-state index in [1.807, 2.05) is 12.1 Å². The molecule has 1 saturated heterocycles. The fourth-order valence-electron chi connectivity index (χ4n) is 3.07. The largest absolute Gasteiger partial charge is 0.416 e. The molecule has 3 rings (SSSR count). The summed E-state index contributed by atoms with van der Waals surface area (Å²) in [6, 6.07) is 12.7. The zero-order valence-electron chi connectivity index (χ0n) is 15.5. The van der Waals surface area contributed by atoms with Crippen LogP contribution in [0.4, 0.5) is 13.2 Å². The molecule has 0 bridgehead atoms. The van der Waals surface area contributed by atoms with Crippen molar-refractivity contribution in [2.75, 3.05) is 12.3 Å². The lowest BCUT2D eigenvalue weighted by Crippen LogP contribution is -2.30. The summed E-state index contributed by atoms with van der Waals surface area (Å²) in [7, 11) is 0. The van der Waals surface area contributed by atoms with Gasteiger partial charge in [-0.1, -0.05) is 45.0 Å². The van der Waals surface area contributed by atoms with Gasteiger partial charge in [0.05, 0.1) is 5.56 Å². The maximum atomic E-state index is 12.8. The van der Waals surface area contributed by atoms with Crippen molar-refractivity contribution in [2.45, 2.75) is 37.7 Å². The van der Waals surface area contributed by atoms with Crippen LogP contribution in [-0.4, -0.2) is 23.1 Å². The smallest absolute Gasteiger partial charge is 0.322 e. The van der Waals surface area contributed by atoms with Crippen LogP contribution in [0.25, 0.3) is 0 Å². The van der Waals surface area contributed by atoms with Gasteiger partial charge in [-0.05, 0) is 40.8 Å². The molecule has 0 aliphatic carbocycles. The van der Waals surface area contributed by atoms with Crippen molar-refractivity contribution in [2.24, 2.45) is 0 Å². The minimum Gasteiger partial charge on any atom is -0.322 e. The molecule has 6 heteroatoms. The Morgan fingerprint density at radius 3 is 2.04 bits per heavy atom. The summed E-state index contributed by atoms with van der Waals surface area (Å²) in [5.74, 6) is 0.566. The standard InChI is InChI=1S/C21H22F3NOS/c1-20(2,3)16-8-6-15(7-9-16)19-25(12-13-27-19)18(26)14-4-10-17(11-5-14)21(22,23)24/h4-11,19H,12-13H2,1-3H3. The average molecular weight is 393 g/mol. The topological polar surface area (TPSA) is 20.3 Å². The number of nitrogens with zero attached hydrogens (tertiary/aromatic N) is 1. The highest BCUT2D eigenvalue weighted by molar-refractivity contribution is 7.99. The van der Waals surface area contributed by atoms with Crippen molar-refractivity contribution in [1.29, 1.82) is 0 Å². The third-order valence-electron chi connectivity index (χ3n) is 4.67. The molecule has 1 aliphatic heterocycles. The lowest BCUT2D eigenvalue weighted by atomic mass is 9.86. The second-order valence-electron chi connectivity index (χ2n) is 7.67. The molecule has 27 heavy (non-hydrogen) atoms. The number of benzene rings is 2. The van der Waals surface area contributed by atoms with E-state index in [1.165, 1.54) is 17.7 Å². The lowest BCUT2D eigenvalue weighted by molar-refractivity contribution is -0.137. The van der Waals surface area contributed by atoms with Gasteiger partial charge in [0.25, 0.3) is 5.91 Å². The van der Waals surface area contributed by atoms with Gasteiger partial charge in [-0.3, -0.25) is 4.79 Å². The van der Waals surface area contributed by atoms with Crippen LogP contribution in [0.5, 0.6) is 0 Å². The second kappa shape index (κ2) is 7.23. The summed E-state index contributed by atoms with van der Waals surface area (Å²) < 4.78 is 38.2. The fourth-order valence-corrected chi connectivity index (χ4v) is 4.33. The van der Waals surface area contributed by atoms with Crippen LogP contribution in [0, 0.1) is 0 Å². The highest BCUT2D eigenvalue weighted by atomic mass is 32.2. The molecule has 1 heterocycles. The minimum absolute atomic E-state index is 0.0527. The van der Waals surface area contributed by atoms with Crippen LogP contribution in [0.15, 0.2) is 48.5 Å². The Labute approximate surface area is 161 Å². The quantitative estimate of drug-likeness (QED) is 0.634. The van der Waals surface area contributed by atoms with Gasteiger partial charge in [0, 0.05) is 17.9 Å². The predicted octanol–water partition coefficient (Wildman–Crippen LogP) is 5.89. The minimum atomic E-state index is -4.40. The van der Waals surface area contributed by atoms with Crippen LogP contribution < -0.4 is 0 Å². The molecular formula is C21H22F3NOS. The van der Waals surface area contributed by atoms with Gasteiger partial charge >= 0.3 is 6.18 Å². The number of amides is 1. The first-order chi connectivity index (χ1) is 12.6. The van der Waals surface area contributed by atoms with Gasteiger partial charge < -0.3 is 4.90 Å². The number of hydrogen-bond acceptors (Lipinski definition) is 2. The molecule has 1 fully saturated rings. The van der Waals surface area contributed by atoms with Crippen molar-refractivity contribution >= 4 is 17.7 Å². The predicted molar refractivity (Wildman–Crippen MR) is 103 cm³/mol. The summed E-state index contributed by atoms with van der Waals surface area (Å²) in [5.41, 5.74) is 1.84.